The summed E-state index contributed by atoms with van der Waals surface area (Å²) >= 11 is 0. The molecule has 1 saturated heterocycles. The fourth-order valence-electron chi connectivity index (χ4n) is 2.37. The Morgan fingerprint density at radius 3 is 2.88 bits per heavy atom. The predicted molar refractivity (Wildman–Crippen MR) is 65.8 cm³/mol. The Bertz CT molecular complexity index is 184. The zero-order valence-corrected chi connectivity index (χ0v) is 11.0. The van der Waals surface area contributed by atoms with E-state index in [4.69, 9.17) is 9.47 Å². The molecule has 0 radical (unpaired) electrons. The van der Waals surface area contributed by atoms with Crippen LogP contribution in [0.15, 0.2) is 0 Å². The molecule has 4 nitrogen and oxygen atoms in total. The van der Waals surface area contributed by atoms with Crippen molar-refractivity contribution in [3.8, 4) is 0 Å². The molecule has 0 aliphatic carbocycles. The van der Waals surface area contributed by atoms with E-state index in [0.717, 1.165) is 32.7 Å². The fraction of sp³-hybridized carbons (Fsp3) is 1.00. The van der Waals surface area contributed by atoms with Gasteiger partial charge in [-0.3, -0.25) is 4.90 Å². The van der Waals surface area contributed by atoms with E-state index in [0.29, 0.717) is 18.2 Å². The molecule has 1 N–H and O–H groups in total. The molecule has 0 saturated carbocycles. The second-order valence-corrected chi connectivity index (χ2v) is 4.57. The lowest BCUT2D eigenvalue weighted by Crippen LogP contribution is -2.56. The first-order chi connectivity index (χ1) is 7.72. The van der Waals surface area contributed by atoms with E-state index in [2.05, 4.69) is 24.1 Å². The van der Waals surface area contributed by atoms with E-state index in [1.165, 1.54) is 0 Å². The lowest BCUT2D eigenvalue weighted by atomic mass is 10.1. The normalized spacial score (nSPS) is 29.2. The van der Waals surface area contributed by atoms with E-state index in [-0.39, 0.29) is 0 Å². The predicted octanol–water partition coefficient (Wildman–Crippen LogP) is 0.720. The van der Waals surface area contributed by atoms with Crippen LogP contribution in [0.4, 0.5) is 0 Å². The van der Waals surface area contributed by atoms with Crippen LogP contribution < -0.4 is 5.32 Å². The van der Waals surface area contributed by atoms with Crippen molar-refractivity contribution in [1.29, 1.82) is 0 Å². The van der Waals surface area contributed by atoms with Crippen LogP contribution in [0.1, 0.15) is 20.3 Å². The molecule has 3 unspecified atom stereocenters. The first-order valence-electron chi connectivity index (χ1n) is 6.23. The average Bonchev–Trinajstić information content (AvgIpc) is 2.29. The maximum Gasteiger partial charge on any atom is 0.0674 e. The van der Waals surface area contributed by atoms with Crippen LogP contribution in [0, 0.1) is 0 Å². The van der Waals surface area contributed by atoms with Crippen molar-refractivity contribution in [2.75, 3.05) is 40.5 Å². The molecule has 96 valence electrons. The highest BCUT2D eigenvalue weighted by molar-refractivity contribution is 4.84. The highest BCUT2D eigenvalue weighted by atomic mass is 16.5. The molecule has 0 aromatic heterocycles. The highest BCUT2D eigenvalue weighted by Gasteiger charge is 2.30. The molecule has 0 bridgehead atoms. The van der Waals surface area contributed by atoms with Crippen LogP contribution in [-0.4, -0.2) is 63.5 Å². The maximum absolute atomic E-state index is 5.72. The van der Waals surface area contributed by atoms with Gasteiger partial charge in [0, 0.05) is 32.3 Å². The van der Waals surface area contributed by atoms with Crippen LogP contribution >= 0.6 is 0 Å². The summed E-state index contributed by atoms with van der Waals surface area (Å²) in [7, 11) is 3.76. The summed E-state index contributed by atoms with van der Waals surface area (Å²) in [5.41, 5.74) is 0. The van der Waals surface area contributed by atoms with Gasteiger partial charge in [0.2, 0.25) is 0 Å². The number of nitrogens with one attached hydrogen (secondary N) is 1. The quantitative estimate of drug-likeness (QED) is 0.729. The molecule has 16 heavy (non-hydrogen) atoms. The third-order valence-electron chi connectivity index (χ3n) is 3.25. The lowest BCUT2D eigenvalue weighted by molar-refractivity contribution is -0.0813. The lowest BCUT2D eigenvalue weighted by Gasteiger charge is -2.42. The highest BCUT2D eigenvalue weighted by Crippen LogP contribution is 2.17. The van der Waals surface area contributed by atoms with Gasteiger partial charge in [0.05, 0.1) is 19.3 Å². The van der Waals surface area contributed by atoms with Crippen molar-refractivity contribution in [3.63, 3.8) is 0 Å². The van der Waals surface area contributed by atoms with Crippen LogP contribution in [0.25, 0.3) is 0 Å². The van der Waals surface area contributed by atoms with E-state index < -0.39 is 0 Å². The molecular formula is C12H26N2O2. The van der Waals surface area contributed by atoms with E-state index in [9.17, 15) is 0 Å². The molecule has 1 aliphatic rings. The Hall–Kier alpha value is -0.160. The summed E-state index contributed by atoms with van der Waals surface area (Å²) in [5.74, 6) is 0. The zero-order chi connectivity index (χ0) is 12.0. The number of morpholine rings is 1. The minimum Gasteiger partial charge on any atom is -0.383 e. The van der Waals surface area contributed by atoms with E-state index in [1.54, 1.807) is 7.11 Å². The molecule has 1 heterocycles. The SMILES string of the molecule is CCC1COC(C)CN1C(CNC)COC. The summed E-state index contributed by atoms with van der Waals surface area (Å²) in [6.45, 7) is 7.97. The molecular weight excluding hydrogens is 204 g/mol. The van der Waals surface area contributed by atoms with Crippen LogP contribution in [0.3, 0.4) is 0 Å². The van der Waals surface area contributed by atoms with Gasteiger partial charge in [-0.05, 0) is 20.4 Å². The fourth-order valence-corrected chi connectivity index (χ4v) is 2.37. The minimum atomic E-state index is 0.332. The van der Waals surface area contributed by atoms with Crippen molar-refractivity contribution in [2.24, 2.45) is 0 Å². The average molecular weight is 230 g/mol. The van der Waals surface area contributed by atoms with Gasteiger partial charge in [-0.15, -0.1) is 0 Å². The molecule has 1 rings (SSSR count). The number of hydrogen-bond acceptors (Lipinski definition) is 4. The molecule has 0 aromatic rings. The number of ether oxygens (including phenoxy) is 2. The third-order valence-corrected chi connectivity index (χ3v) is 3.25. The van der Waals surface area contributed by atoms with E-state index in [1.807, 2.05) is 7.05 Å². The van der Waals surface area contributed by atoms with Gasteiger partial charge < -0.3 is 14.8 Å². The molecule has 3 atom stereocenters. The summed E-state index contributed by atoms with van der Waals surface area (Å²) in [6.07, 6.45) is 1.47. The van der Waals surface area contributed by atoms with E-state index >= 15 is 0 Å². The summed E-state index contributed by atoms with van der Waals surface area (Å²) in [6, 6.07) is 0.982. The first-order valence-corrected chi connectivity index (χ1v) is 6.23. The molecule has 0 amide bonds. The van der Waals surface area contributed by atoms with Crippen LogP contribution in [-0.2, 0) is 9.47 Å². The number of likely N-dealkylation sites (N-methyl/N-ethyl adjacent to an activating group) is 1. The number of rotatable bonds is 6. The van der Waals surface area contributed by atoms with Crippen molar-refractivity contribution in [1.82, 2.24) is 10.2 Å². The smallest absolute Gasteiger partial charge is 0.0674 e. The van der Waals surface area contributed by atoms with Crippen LogP contribution in [0.5, 0.6) is 0 Å². The van der Waals surface area contributed by atoms with Crippen LogP contribution in [0.2, 0.25) is 0 Å². The topological polar surface area (TPSA) is 33.7 Å². The monoisotopic (exact) mass is 230 g/mol. The van der Waals surface area contributed by atoms with Crippen molar-refractivity contribution < 1.29 is 9.47 Å². The van der Waals surface area contributed by atoms with Gasteiger partial charge in [-0.2, -0.15) is 0 Å². The van der Waals surface area contributed by atoms with Crippen molar-refractivity contribution in [3.05, 3.63) is 0 Å². The molecule has 0 spiro atoms. The Morgan fingerprint density at radius 2 is 2.31 bits per heavy atom. The Labute approximate surface area is 99.3 Å². The number of hydrogen-bond donors (Lipinski definition) is 1. The Morgan fingerprint density at radius 1 is 1.56 bits per heavy atom. The van der Waals surface area contributed by atoms with Gasteiger partial charge >= 0.3 is 0 Å². The largest absolute Gasteiger partial charge is 0.383 e. The van der Waals surface area contributed by atoms with Crippen molar-refractivity contribution >= 4 is 0 Å². The Balaban J connectivity index is 2.61. The number of nitrogens with zero attached hydrogens (tertiary/aromatic N) is 1. The maximum atomic E-state index is 5.72. The summed E-state index contributed by atoms with van der Waals surface area (Å²) in [4.78, 5) is 2.54. The second kappa shape index (κ2) is 7.22. The third kappa shape index (κ3) is 3.70. The van der Waals surface area contributed by atoms with Gasteiger partial charge in [0.1, 0.15) is 0 Å². The van der Waals surface area contributed by atoms with Gasteiger partial charge in [-0.1, -0.05) is 6.92 Å². The van der Waals surface area contributed by atoms with Crippen molar-refractivity contribution in [2.45, 2.75) is 38.5 Å². The van der Waals surface area contributed by atoms with Gasteiger partial charge in [0.15, 0.2) is 0 Å². The molecule has 1 aliphatic heterocycles. The van der Waals surface area contributed by atoms with Gasteiger partial charge in [-0.25, -0.2) is 0 Å². The molecule has 0 aromatic carbocycles. The zero-order valence-electron chi connectivity index (χ0n) is 11.0. The summed E-state index contributed by atoms with van der Waals surface area (Å²) < 4.78 is 11.0. The van der Waals surface area contributed by atoms with Gasteiger partial charge in [0.25, 0.3) is 0 Å². The molecule has 1 fully saturated rings. The summed E-state index contributed by atoms with van der Waals surface area (Å²) in [5, 5.41) is 3.25. The second-order valence-electron chi connectivity index (χ2n) is 4.57. The molecule has 4 heteroatoms. The standard InChI is InChI=1S/C12H26N2O2/c1-5-11-9-16-10(2)7-14(11)12(6-13-3)8-15-4/h10-13H,5-9H2,1-4H3. The minimum absolute atomic E-state index is 0.332. The number of methoxy groups -OCH3 is 1. The Kier molecular flexibility index (Phi) is 6.28. The first kappa shape index (κ1) is 13.9.